The Morgan fingerprint density at radius 3 is 2.68 bits per heavy atom. The Hall–Kier alpha value is -2.08. The van der Waals surface area contributed by atoms with Gasteiger partial charge in [-0.05, 0) is 24.1 Å². The fourth-order valence-corrected chi connectivity index (χ4v) is 2.42. The molecular weight excluding hydrogens is 343 g/mol. The van der Waals surface area contributed by atoms with Crippen LogP contribution in [0.1, 0.15) is 38.0 Å². The molecule has 1 heterocycles. The van der Waals surface area contributed by atoms with Crippen LogP contribution in [-0.4, -0.2) is 24.5 Å². The number of nitrogens with zero attached hydrogens (tertiary/aromatic N) is 2. The van der Waals surface area contributed by atoms with Crippen molar-refractivity contribution in [2.75, 3.05) is 13.6 Å². The van der Waals surface area contributed by atoms with Crippen LogP contribution in [0.15, 0.2) is 33.8 Å². The lowest BCUT2D eigenvalue weighted by atomic mass is 9.94. The van der Waals surface area contributed by atoms with Crippen molar-refractivity contribution in [1.82, 2.24) is 15.6 Å². The Kier molecular flexibility index (Phi) is 6.42. The Morgan fingerprint density at radius 1 is 1.32 bits per heavy atom. The summed E-state index contributed by atoms with van der Waals surface area (Å²) in [6.45, 7) is 7.28. The van der Waals surface area contributed by atoms with E-state index in [-0.39, 0.29) is 11.2 Å². The van der Waals surface area contributed by atoms with E-state index in [9.17, 15) is 4.39 Å². The molecule has 2 N–H and O–H groups in total. The molecule has 7 heteroatoms. The third-order valence-electron chi connectivity index (χ3n) is 3.63. The summed E-state index contributed by atoms with van der Waals surface area (Å²) >= 11 is 6.02. The van der Waals surface area contributed by atoms with Gasteiger partial charge in [0.15, 0.2) is 5.96 Å². The van der Waals surface area contributed by atoms with Crippen molar-refractivity contribution in [3.8, 4) is 0 Å². The molecule has 136 valence electrons. The van der Waals surface area contributed by atoms with Gasteiger partial charge in [0.2, 0.25) is 5.89 Å². The van der Waals surface area contributed by atoms with Gasteiger partial charge in [-0.3, -0.25) is 4.99 Å². The molecule has 0 unspecified atom stereocenters. The number of halogens is 2. The van der Waals surface area contributed by atoms with E-state index in [1.807, 2.05) is 0 Å². The van der Waals surface area contributed by atoms with Gasteiger partial charge in [0, 0.05) is 24.0 Å². The molecule has 1 aromatic heterocycles. The zero-order chi connectivity index (χ0) is 18.4. The second kappa shape index (κ2) is 8.34. The van der Waals surface area contributed by atoms with Crippen molar-refractivity contribution in [3.63, 3.8) is 0 Å². The van der Waals surface area contributed by atoms with Crippen molar-refractivity contribution >= 4 is 17.6 Å². The number of nitrogens with one attached hydrogen (secondary N) is 2. The average Bonchev–Trinajstić information content (AvgIpc) is 3.01. The summed E-state index contributed by atoms with van der Waals surface area (Å²) in [7, 11) is 1.69. The highest BCUT2D eigenvalue weighted by Crippen LogP contribution is 2.22. The van der Waals surface area contributed by atoms with Crippen molar-refractivity contribution in [2.45, 2.75) is 39.2 Å². The van der Waals surface area contributed by atoms with E-state index in [0.29, 0.717) is 36.4 Å². The van der Waals surface area contributed by atoms with Crippen LogP contribution < -0.4 is 10.6 Å². The quantitative estimate of drug-likeness (QED) is 0.626. The van der Waals surface area contributed by atoms with Crippen LogP contribution in [0.2, 0.25) is 5.02 Å². The molecular formula is C18H24ClFN4O. The molecule has 0 saturated carbocycles. The van der Waals surface area contributed by atoms with Crippen LogP contribution in [0, 0.1) is 5.82 Å². The molecule has 0 bridgehead atoms. The predicted molar refractivity (Wildman–Crippen MR) is 98.5 cm³/mol. The van der Waals surface area contributed by atoms with E-state index in [1.165, 1.54) is 12.1 Å². The van der Waals surface area contributed by atoms with Crippen LogP contribution >= 0.6 is 11.6 Å². The van der Waals surface area contributed by atoms with E-state index >= 15 is 0 Å². The first kappa shape index (κ1) is 19.2. The lowest BCUT2D eigenvalue weighted by Crippen LogP contribution is -2.37. The lowest BCUT2D eigenvalue weighted by Gasteiger charge is -2.13. The van der Waals surface area contributed by atoms with Gasteiger partial charge in [-0.1, -0.05) is 38.4 Å². The molecule has 0 radical (unpaired) electrons. The predicted octanol–water partition coefficient (Wildman–Crippen LogP) is 3.67. The molecule has 0 aliphatic carbocycles. The molecule has 0 aliphatic heterocycles. The summed E-state index contributed by atoms with van der Waals surface area (Å²) in [6, 6.07) is 4.42. The van der Waals surface area contributed by atoms with Crippen LogP contribution in [0.25, 0.3) is 0 Å². The Labute approximate surface area is 152 Å². The summed E-state index contributed by atoms with van der Waals surface area (Å²) in [5, 5.41) is 6.76. The smallest absolute Gasteiger partial charge is 0.213 e. The molecule has 5 nitrogen and oxygen atoms in total. The van der Waals surface area contributed by atoms with E-state index in [0.717, 1.165) is 11.3 Å². The standard InChI is InChI=1S/C18H24ClFN4O/c1-18(2,3)15-10-23-16(25-15)11-24-17(21-4)22-8-7-12-5-6-13(20)9-14(12)19/h5-6,9-10H,7-8,11H2,1-4H3,(H2,21,22,24). The fraction of sp³-hybridized carbons (Fsp3) is 0.444. The van der Waals surface area contributed by atoms with E-state index < -0.39 is 0 Å². The minimum atomic E-state index is -0.334. The summed E-state index contributed by atoms with van der Waals surface area (Å²) in [5.41, 5.74) is 0.813. The maximum atomic E-state index is 13.0. The summed E-state index contributed by atoms with van der Waals surface area (Å²) < 4.78 is 18.8. The molecule has 2 aromatic rings. The summed E-state index contributed by atoms with van der Waals surface area (Å²) in [6.07, 6.45) is 2.41. The van der Waals surface area contributed by atoms with Gasteiger partial charge in [-0.25, -0.2) is 9.37 Å². The molecule has 25 heavy (non-hydrogen) atoms. The summed E-state index contributed by atoms with van der Waals surface area (Å²) in [4.78, 5) is 8.43. The normalized spacial score (nSPS) is 12.3. The number of aromatic nitrogens is 1. The maximum Gasteiger partial charge on any atom is 0.213 e. The van der Waals surface area contributed by atoms with Crippen molar-refractivity contribution in [2.24, 2.45) is 4.99 Å². The minimum Gasteiger partial charge on any atom is -0.443 e. The molecule has 2 rings (SSSR count). The number of oxazole rings is 1. The van der Waals surface area contributed by atoms with Crippen LogP contribution in [0.3, 0.4) is 0 Å². The third kappa shape index (κ3) is 5.74. The average molecular weight is 367 g/mol. The SMILES string of the molecule is CN=C(NCCc1ccc(F)cc1Cl)NCc1ncc(C(C)(C)C)o1. The molecule has 0 spiro atoms. The van der Waals surface area contributed by atoms with Gasteiger partial charge in [0.05, 0.1) is 12.7 Å². The second-order valence-electron chi connectivity index (χ2n) is 6.71. The zero-order valence-electron chi connectivity index (χ0n) is 15.0. The largest absolute Gasteiger partial charge is 0.443 e. The maximum absolute atomic E-state index is 13.0. The van der Waals surface area contributed by atoms with Crippen molar-refractivity contribution < 1.29 is 8.81 Å². The molecule has 0 amide bonds. The first-order valence-corrected chi connectivity index (χ1v) is 8.51. The highest BCUT2D eigenvalue weighted by molar-refractivity contribution is 6.31. The molecule has 0 saturated heterocycles. The molecule has 0 fully saturated rings. The second-order valence-corrected chi connectivity index (χ2v) is 7.11. The number of rotatable bonds is 5. The van der Waals surface area contributed by atoms with Crippen LogP contribution in [0.4, 0.5) is 4.39 Å². The fourth-order valence-electron chi connectivity index (χ4n) is 2.16. The third-order valence-corrected chi connectivity index (χ3v) is 3.98. The molecule has 0 atom stereocenters. The van der Waals surface area contributed by atoms with E-state index in [4.69, 9.17) is 16.0 Å². The van der Waals surface area contributed by atoms with E-state index in [1.54, 1.807) is 19.3 Å². The Bertz CT molecular complexity index is 737. The highest BCUT2D eigenvalue weighted by Gasteiger charge is 2.19. The van der Waals surface area contributed by atoms with Gasteiger partial charge in [-0.15, -0.1) is 0 Å². The van der Waals surface area contributed by atoms with Gasteiger partial charge in [0.1, 0.15) is 11.6 Å². The number of benzene rings is 1. The Balaban J connectivity index is 1.82. The number of hydrogen-bond donors (Lipinski definition) is 2. The topological polar surface area (TPSA) is 62.5 Å². The highest BCUT2D eigenvalue weighted by atomic mass is 35.5. The first-order valence-electron chi connectivity index (χ1n) is 8.13. The summed E-state index contributed by atoms with van der Waals surface area (Å²) in [5.74, 6) is 1.75. The van der Waals surface area contributed by atoms with Gasteiger partial charge in [0.25, 0.3) is 0 Å². The number of aliphatic imine (C=N–C) groups is 1. The monoisotopic (exact) mass is 366 g/mol. The van der Waals surface area contributed by atoms with Gasteiger partial charge >= 0.3 is 0 Å². The number of guanidine groups is 1. The van der Waals surface area contributed by atoms with Gasteiger partial charge < -0.3 is 15.1 Å². The zero-order valence-corrected chi connectivity index (χ0v) is 15.7. The number of hydrogen-bond acceptors (Lipinski definition) is 3. The Morgan fingerprint density at radius 2 is 2.08 bits per heavy atom. The molecule has 1 aromatic carbocycles. The minimum absolute atomic E-state index is 0.0698. The van der Waals surface area contributed by atoms with Crippen molar-refractivity contribution in [1.29, 1.82) is 0 Å². The van der Waals surface area contributed by atoms with Crippen LogP contribution in [-0.2, 0) is 18.4 Å². The van der Waals surface area contributed by atoms with E-state index in [2.05, 4.69) is 41.4 Å². The lowest BCUT2D eigenvalue weighted by molar-refractivity contribution is 0.379. The van der Waals surface area contributed by atoms with Crippen LogP contribution in [0.5, 0.6) is 0 Å². The van der Waals surface area contributed by atoms with Crippen molar-refractivity contribution in [3.05, 3.63) is 52.5 Å². The first-order chi connectivity index (χ1) is 11.8. The van der Waals surface area contributed by atoms with Gasteiger partial charge in [-0.2, -0.15) is 0 Å². The molecule has 0 aliphatic rings.